The Labute approximate surface area is 122 Å². The fraction of sp³-hybridized carbons (Fsp3) is 0.167. The molecule has 0 radical (unpaired) electrons. The van der Waals surface area contributed by atoms with Crippen molar-refractivity contribution in [3.63, 3.8) is 0 Å². The van der Waals surface area contributed by atoms with E-state index in [1.165, 1.54) is 24.8 Å². The molecule has 0 atom stereocenters. The van der Waals surface area contributed by atoms with Crippen LogP contribution >= 0.6 is 0 Å². The molecule has 0 unspecified atom stereocenters. The SMILES string of the molecule is CN(C)S(=O)(=O)Nc1ccc(-n2ccc(C(N)=O)n2)cc1. The van der Waals surface area contributed by atoms with Gasteiger partial charge in [-0.05, 0) is 30.3 Å². The Hall–Kier alpha value is -2.39. The van der Waals surface area contributed by atoms with Crippen LogP contribution in [0.1, 0.15) is 10.5 Å². The zero-order valence-electron chi connectivity index (χ0n) is 11.5. The van der Waals surface area contributed by atoms with E-state index in [2.05, 4.69) is 9.82 Å². The van der Waals surface area contributed by atoms with Gasteiger partial charge in [-0.15, -0.1) is 0 Å². The molecular formula is C12H15N5O3S. The van der Waals surface area contributed by atoms with Gasteiger partial charge < -0.3 is 5.73 Å². The summed E-state index contributed by atoms with van der Waals surface area (Å²) < 4.78 is 28.3. The summed E-state index contributed by atoms with van der Waals surface area (Å²) in [5.41, 5.74) is 6.39. The third kappa shape index (κ3) is 3.38. The lowest BCUT2D eigenvalue weighted by Crippen LogP contribution is -2.28. The molecule has 0 bridgehead atoms. The normalized spacial score (nSPS) is 11.6. The highest BCUT2D eigenvalue weighted by Gasteiger charge is 2.13. The van der Waals surface area contributed by atoms with E-state index >= 15 is 0 Å². The number of rotatable bonds is 5. The second-order valence-electron chi connectivity index (χ2n) is 4.45. The van der Waals surface area contributed by atoms with E-state index in [0.29, 0.717) is 11.4 Å². The average Bonchev–Trinajstić information content (AvgIpc) is 2.88. The van der Waals surface area contributed by atoms with Crippen LogP contribution in [0.3, 0.4) is 0 Å². The van der Waals surface area contributed by atoms with Crippen molar-refractivity contribution in [1.29, 1.82) is 0 Å². The minimum atomic E-state index is -3.54. The van der Waals surface area contributed by atoms with Gasteiger partial charge in [0.1, 0.15) is 5.69 Å². The molecule has 0 aliphatic rings. The lowest BCUT2D eigenvalue weighted by atomic mass is 10.3. The van der Waals surface area contributed by atoms with Gasteiger partial charge in [-0.1, -0.05) is 0 Å². The van der Waals surface area contributed by atoms with Crippen LogP contribution in [-0.2, 0) is 10.2 Å². The summed E-state index contributed by atoms with van der Waals surface area (Å²) in [5, 5.41) is 4.01. The highest BCUT2D eigenvalue weighted by atomic mass is 32.2. The Morgan fingerprint density at radius 2 is 1.86 bits per heavy atom. The number of amides is 1. The van der Waals surface area contributed by atoms with Crippen LogP contribution in [0.5, 0.6) is 0 Å². The molecule has 0 spiro atoms. The summed E-state index contributed by atoms with van der Waals surface area (Å²) in [6, 6.07) is 8.05. The lowest BCUT2D eigenvalue weighted by molar-refractivity contribution is 0.0995. The van der Waals surface area contributed by atoms with Crippen molar-refractivity contribution in [2.45, 2.75) is 0 Å². The van der Waals surface area contributed by atoms with Crippen molar-refractivity contribution >= 4 is 21.8 Å². The van der Waals surface area contributed by atoms with E-state index in [1.54, 1.807) is 30.5 Å². The van der Waals surface area contributed by atoms with Gasteiger partial charge in [0.25, 0.3) is 5.91 Å². The van der Waals surface area contributed by atoms with E-state index in [9.17, 15) is 13.2 Å². The molecule has 2 aromatic rings. The quantitative estimate of drug-likeness (QED) is 0.821. The zero-order chi connectivity index (χ0) is 15.6. The van der Waals surface area contributed by atoms with Crippen molar-refractivity contribution in [3.8, 4) is 5.69 Å². The Bertz CT molecular complexity index is 749. The number of anilines is 1. The van der Waals surface area contributed by atoms with Crippen LogP contribution in [0.15, 0.2) is 36.5 Å². The number of nitrogens with zero attached hydrogens (tertiary/aromatic N) is 3. The Kier molecular flexibility index (Phi) is 3.96. The van der Waals surface area contributed by atoms with Gasteiger partial charge in [0, 0.05) is 26.0 Å². The first-order valence-electron chi connectivity index (χ1n) is 5.96. The number of carbonyl (C=O) groups is 1. The second kappa shape index (κ2) is 5.54. The number of nitrogens with two attached hydrogens (primary N) is 1. The molecule has 1 aromatic carbocycles. The maximum absolute atomic E-state index is 11.7. The summed E-state index contributed by atoms with van der Waals surface area (Å²) in [6.07, 6.45) is 1.60. The fourth-order valence-corrected chi connectivity index (χ4v) is 2.14. The molecule has 2 rings (SSSR count). The highest BCUT2D eigenvalue weighted by Crippen LogP contribution is 2.15. The topological polar surface area (TPSA) is 110 Å². The molecule has 21 heavy (non-hydrogen) atoms. The molecule has 0 aliphatic carbocycles. The first-order chi connectivity index (χ1) is 9.79. The average molecular weight is 309 g/mol. The third-order valence-electron chi connectivity index (χ3n) is 2.70. The molecular weight excluding hydrogens is 294 g/mol. The molecule has 9 heteroatoms. The van der Waals surface area contributed by atoms with Crippen molar-refractivity contribution in [2.75, 3.05) is 18.8 Å². The van der Waals surface area contributed by atoms with E-state index in [1.807, 2.05) is 0 Å². The zero-order valence-corrected chi connectivity index (χ0v) is 12.3. The van der Waals surface area contributed by atoms with Crippen molar-refractivity contribution in [3.05, 3.63) is 42.2 Å². The lowest BCUT2D eigenvalue weighted by Gasteiger charge is -2.13. The predicted molar refractivity (Wildman–Crippen MR) is 78.3 cm³/mol. The number of carbonyl (C=O) groups excluding carboxylic acids is 1. The number of primary amides is 1. The molecule has 1 aromatic heterocycles. The minimum absolute atomic E-state index is 0.160. The molecule has 0 aliphatic heterocycles. The van der Waals surface area contributed by atoms with Crippen LogP contribution in [0.25, 0.3) is 5.69 Å². The summed E-state index contributed by atoms with van der Waals surface area (Å²) in [5.74, 6) is -0.607. The molecule has 112 valence electrons. The second-order valence-corrected chi connectivity index (χ2v) is 6.33. The van der Waals surface area contributed by atoms with Gasteiger partial charge in [0.2, 0.25) is 0 Å². The van der Waals surface area contributed by atoms with Crippen LogP contribution in [0, 0.1) is 0 Å². The maximum atomic E-state index is 11.7. The standard InChI is InChI=1S/C12H15N5O3S/c1-16(2)21(19,20)15-9-3-5-10(6-4-9)17-8-7-11(14-17)12(13)18/h3-8,15H,1-2H3,(H2,13,18). The largest absolute Gasteiger partial charge is 0.364 e. The Morgan fingerprint density at radius 1 is 1.24 bits per heavy atom. The number of benzene rings is 1. The van der Waals surface area contributed by atoms with Gasteiger partial charge in [0.15, 0.2) is 0 Å². The molecule has 8 nitrogen and oxygen atoms in total. The monoisotopic (exact) mass is 309 g/mol. The maximum Gasteiger partial charge on any atom is 0.301 e. The highest BCUT2D eigenvalue weighted by molar-refractivity contribution is 7.90. The fourth-order valence-electron chi connectivity index (χ4n) is 1.52. The molecule has 1 amide bonds. The molecule has 3 N–H and O–H groups in total. The number of nitrogens with one attached hydrogen (secondary N) is 1. The van der Waals surface area contributed by atoms with E-state index in [0.717, 1.165) is 4.31 Å². The number of hydrogen-bond donors (Lipinski definition) is 2. The van der Waals surface area contributed by atoms with Crippen LogP contribution in [0.2, 0.25) is 0 Å². The molecule has 0 fully saturated rings. The van der Waals surface area contributed by atoms with Gasteiger partial charge >= 0.3 is 10.2 Å². The first-order valence-corrected chi connectivity index (χ1v) is 7.40. The summed E-state index contributed by atoms with van der Waals surface area (Å²) in [4.78, 5) is 11.0. The van der Waals surface area contributed by atoms with Gasteiger partial charge in [-0.2, -0.15) is 17.8 Å². The van der Waals surface area contributed by atoms with Crippen LogP contribution in [-0.4, -0.2) is 42.5 Å². The summed E-state index contributed by atoms with van der Waals surface area (Å²) in [6.45, 7) is 0. The summed E-state index contributed by atoms with van der Waals surface area (Å²) in [7, 11) is -0.664. The molecule has 0 saturated heterocycles. The number of aromatic nitrogens is 2. The minimum Gasteiger partial charge on any atom is -0.364 e. The van der Waals surface area contributed by atoms with Crippen molar-refractivity contribution in [1.82, 2.24) is 14.1 Å². The van der Waals surface area contributed by atoms with Crippen molar-refractivity contribution in [2.24, 2.45) is 5.73 Å². The molecule has 0 saturated carbocycles. The number of hydrogen-bond acceptors (Lipinski definition) is 4. The van der Waals surface area contributed by atoms with Gasteiger partial charge in [-0.25, -0.2) is 4.68 Å². The Balaban J connectivity index is 2.20. The van der Waals surface area contributed by atoms with E-state index in [-0.39, 0.29) is 5.69 Å². The first kappa shape index (κ1) is 15.0. The Morgan fingerprint density at radius 3 is 2.33 bits per heavy atom. The van der Waals surface area contributed by atoms with Crippen LogP contribution < -0.4 is 10.5 Å². The summed E-state index contributed by atoms with van der Waals surface area (Å²) >= 11 is 0. The van der Waals surface area contributed by atoms with Gasteiger partial charge in [-0.3, -0.25) is 9.52 Å². The molecule has 1 heterocycles. The van der Waals surface area contributed by atoms with Gasteiger partial charge in [0.05, 0.1) is 5.69 Å². The van der Waals surface area contributed by atoms with E-state index < -0.39 is 16.1 Å². The van der Waals surface area contributed by atoms with Crippen LogP contribution in [0.4, 0.5) is 5.69 Å². The third-order valence-corrected chi connectivity index (χ3v) is 4.16. The van der Waals surface area contributed by atoms with E-state index in [4.69, 9.17) is 5.73 Å². The predicted octanol–water partition coefficient (Wildman–Crippen LogP) is 0.190. The van der Waals surface area contributed by atoms with Crippen molar-refractivity contribution < 1.29 is 13.2 Å². The smallest absolute Gasteiger partial charge is 0.301 e.